The Kier molecular flexibility index (Phi) is 6.11. The Morgan fingerprint density at radius 1 is 1.03 bits per heavy atom. The highest BCUT2D eigenvalue weighted by molar-refractivity contribution is 5.93. The van der Waals surface area contributed by atoms with Crippen LogP contribution in [0.3, 0.4) is 0 Å². The average Bonchev–Trinajstić information content (AvgIpc) is 3.29. The van der Waals surface area contributed by atoms with E-state index >= 15 is 0 Å². The molecule has 2 fully saturated rings. The molecule has 2 aromatic rings. The number of methoxy groups -OCH3 is 1. The van der Waals surface area contributed by atoms with E-state index < -0.39 is 11.8 Å². The van der Waals surface area contributed by atoms with Gasteiger partial charge in [0.2, 0.25) is 0 Å². The lowest BCUT2D eigenvalue weighted by Crippen LogP contribution is -2.20. The number of esters is 2. The molecule has 2 saturated carbocycles. The van der Waals surface area contributed by atoms with Crippen LogP contribution in [0, 0.1) is 23.6 Å². The minimum absolute atomic E-state index is 0.0218. The lowest BCUT2D eigenvalue weighted by atomic mass is 10.1. The largest absolute Gasteiger partial charge is 0.496 e. The van der Waals surface area contributed by atoms with Gasteiger partial charge in [-0.25, -0.2) is 9.18 Å². The fraction of sp³-hybridized carbons (Fsp3) is 0.417. The molecule has 164 valence electrons. The van der Waals surface area contributed by atoms with Crippen molar-refractivity contribution in [3.05, 3.63) is 59.4 Å². The highest BCUT2D eigenvalue weighted by Gasteiger charge is 2.61. The lowest BCUT2D eigenvalue weighted by molar-refractivity contribution is -0.145. The normalized spacial score (nSPS) is 23.6. The Hall–Kier alpha value is -3.09. The third kappa shape index (κ3) is 4.50. The maximum absolute atomic E-state index is 14.6. The third-order valence-corrected chi connectivity index (χ3v) is 5.94. The van der Waals surface area contributed by atoms with Gasteiger partial charge < -0.3 is 18.9 Å². The van der Waals surface area contributed by atoms with Gasteiger partial charge in [-0.1, -0.05) is 30.3 Å². The second kappa shape index (κ2) is 8.96. The van der Waals surface area contributed by atoms with Crippen LogP contribution in [0.5, 0.6) is 11.5 Å². The van der Waals surface area contributed by atoms with Crippen molar-refractivity contribution in [2.45, 2.75) is 32.5 Å². The molecule has 4 atom stereocenters. The van der Waals surface area contributed by atoms with Crippen molar-refractivity contribution in [3.63, 3.8) is 0 Å². The van der Waals surface area contributed by atoms with Crippen molar-refractivity contribution in [2.75, 3.05) is 13.7 Å². The summed E-state index contributed by atoms with van der Waals surface area (Å²) >= 11 is 0. The number of ether oxygens (including phenoxy) is 4. The Balaban J connectivity index is 1.41. The van der Waals surface area contributed by atoms with E-state index in [-0.39, 0.29) is 53.5 Å². The summed E-state index contributed by atoms with van der Waals surface area (Å²) in [7, 11) is 1.36. The van der Waals surface area contributed by atoms with Gasteiger partial charge in [0.15, 0.2) is 11.6 Å². The standard InChI is InChI=1S/C24H25FO6/c1-3-29-24(27)22-16-9-15(10-17(16)22)31-21-11-18(20(28-2)12-19(21)25)23(26)30-13-14-7-5-4-6-8-14/h4-8,11-12,15-17,22H,3,9-10,13H2,1-2H3/t15?,16-,17+,22?. The molecular formula is C24H25FO6. The molecule has 6 nitrogen and oxygen atoms in total. The molecule has 2 aliphatic rings. The zero-order valence-electron chi connectivity index (χ0n) is 17.5. The fourth-order valence-electron chi connectivity index (χ4n) is 4.41. The Labute approximate surface area is 180 Å². The average molecular weight is 428 g/mol. The number of hydrogen-bond donors (Lipinski definition) is 0. The second-order valence-electron chi connectivity index (χ2n) is 7.86. The maximum Gasteiger partial charge on any atom is 0.342 e. The first-order chi connectivity index (χ1) is 15.0. The number of benzene rings is 2. The molecule has 0 heterocycles. The SMILES string of the molecule is CCOC(=O)C1[C@H]2CC(Oc3cc(C(=O)OCc4ccccc4)c(OC)cc3F)C[C@@H]12. The van der Waals surface area contributed by atoms with E-state index in [2.05, 4.69) is 0 Å². The molecule has 0 bridgehead atoms. The van der Waals surface area contributed by atoms with Crippen LogP contribution in [0.2, 0.25) is 0 Å². The van der Waals surface area contributed by atoms with E-state index in [1.165, 1.54) is 13.2 Å². The van der Waals surface area contributed by atoms with Crippen LogP contribution in [-0.2, 0) is 20.9 Å². The lowest BCUT2D eigenvalue weighted by Gasteiger charge is -2.18. The molecule has 0 radical (unpaired) electrons. The summed E-state index contributed by atoms with van der Waals surface area (Å²) in [6.07, 6.45) is 1.11. The topological polar surface area (TPSA) is 71.1 Å². The summed E-state index contributed by atoms with van der Waals surface area (Å²) in [6.45, 7) is 2.25. The molecule has 31 heavy (non-hydrogen) atoms. The molecule has 0 aromatic heterocycles. The number of halogens is 1. The quantitative estimate of drug-likeness (QED) is 0.588. The first-order valence-corrected chi connectivity index (χ1v) is 10.4. The van der Waals surface area contributed by atoms with Gasteiger partial charge in [0.1, 0.15) is 17.9 Å². The molecule has 0 aliphatic heterocycles. The predicted molar refractivity (Wildman–Crippen MR) is 109 cm³/mol. The first kappa shape index (κ1) is 21.2. The van der Waals surface area contributed by atoms with E-state index in [0.717, 1.165) is 11.6 Å². The van der Waals surface area contributed by atoms with Crippen molar-refractivity contribution in [1.29, 1.82) is 0 Å². The number of fused-ring (bicyclic) bond motifs is 1. The minimum Gasteiger partial charge on any atom is -0.496 e. The monoisotopic (exact) mass is 428 g/mol. The Morgan fingerprint density at radius 2 is 1.74 bits per heavy atom. The van der Waals surface area contributed by atoms with Gasteiger partial charge in [0, 0.05) is 12.1 Å². The summed E-state index contributed by atoms with van der Waals surface area (Å²) in [6, 6.07) is 11.7. The van der Waals surface area contributed by atoms with Crippen molar-refractivity contribution < 1.29 is 32.9 Å². The fourth-order valence-corrected chi connectivity index (χ4v) is 4.41. The molecular weight excluding hydrogens is 403 g/mol. The molecule has 0 amide bonds. The van der Waals surface area contributed by atoms with Crippen LogP contribution in [0.1, 0.15) is 35.7 Å². The minimum atomic E-state index is -0.623. The molecule has 7 heteroatoms. The first-order valence-electron chi connectivity index (χ1n) is 10.4. The van der Waals surface area contributed by atoms with Crippen LogP contribution < -0.4 is 9.47 Å². The zero-order chi connectivity index (χ0) is 22.0. The van der Waals surface area contributed by atoms with Crippen LogP contribution >= 0.6 is 0 Å². The van der Waals surface area contributed by atoms with Crippen LogP contribution in [-0.4, -0.2) is 31.8 Å². The third-order valence-electron chi connectivity index (χ3n) is 5.94. The van der Waals surface area contributed by atoms with Crippen molar-refractivity contribution >= 4 is 11.9 Å². The Bertz CT molecular complexity index is 948. The summed E-state index contributed by atoms with van der Waals surface area (Å²) in [5.74, 6) is -0.951. The van der Waals surface area contributed by atoms with Gasteiger partial charge in [-0.3, -0.25) is 4.79 Å². The number of rotatable bonds is 8. The van der Waals surface area contributed by atoms with Gasteiger partial charge in [0.25, 0.3) is 0 Å². The molecule has 2 unspecified atom stereocenters. The second-order valence-corrected chi connectivity index (χ2v) is 7.86. The van der Waals surface area contributed by atoms with E-state index in [9.17, 15) is 14.0 Å². The van der Waals surface area contributed by atoms with Gasteiger partial charge >= 0.3 is 11.9 Å². The molecule has 0 spiro atoms. The summed E-state index contributed by atoms with van der Waals surface area (Å²) in [5, 5.41) is 0. The number of carbonyl (C=O) groups excluding carboxylic acids is 2. The highest BCUT2D eigenvalue weighted by Crippen LogP contribution is 2.58. The molecule has 4 rings (SSSR count). The van der Waals surface area contributed by atoms with Gasteiger partial charge in [-0.15, -0.1) is 0 Å². The maximum atomic E-state index is 14.6. The van der Waals surface area contributed by atoms with Gasteiger partial charge in [-0.05, 0) is 37.2 Å². The zero-order valence-corrected chi connectivity index (χ0v) is 17.5. The number of hydrogen-bond acceptors (Lipinski definition) is 6. The van der Waals surface area contributed by atoms with E-state index in [1.807, 2.05) is 30.3 Å². The predicted octanol–water partition coefficient (Wildman–Crippen LogP) is 4.16. The Morgan fingerprint density at radius 3 is 2.39 bits per heavy atom. The van der Waals surface area contributed by atoms with Gasteiger partial charge in [-0.2, -0.15) is 0 Å². The van der Waals surface area contributed by atoms with Crippen LogP contribution in [0.25, 0.3) is 0 Å². The van der Waals surface area contributed by atoms with E-state index in [4.69, 9.17) is 18.9 Å². The number of carbonyl (C=O) groups is 2. The van der Waals surface area contributed by atoms with Crippen molar-refractivity contribution in [1.82, 2.24) is 0 Å². The molecule has 0 N–H and O–H groups in total. The van der Waals surface area contributed by atoms with Crippen LogP contribution in [0.4, 0.5) is 4.39 Å². The summed E-state index contributed by atoms with van der Waals surface area (Å²) < 4.78 is 36.0. The smallest absolute Gasteiger partial charge is 0.342 e. The van der Waals surface area contributed by atoms with Crippen molar-refractivity contribution in [2.24, 2.45) is 17.8 Å². The summed E-state index contributed by atoms with van der Waals surface area (Å²) in [4.78, 5) is 24.5. The molecule has 2 aliphatic carbocycles. The van der Waals surface area contributed by atoms with Gasteiger partial charge in [0.05, 0.1) is 25.7 Å². The molecule has 0 saturated heterocycles. The van der Waals surface area contributed by atoms with Crippen molar-refractivity contribution in [3.8, 4) is 11.5 Å². The van der Waals surface area contributed by atoms with E-state index in [1.54, 1.807) is 6.92 Å². The van der Waals surface area contributed by atoms with E-state index in [0.29, 0.717) is 19.4 Å². The molecule has 2 aromatic carbocycles. The van der Waals surface area contributed by atoms with Crippen LogP contribution in [0.15, 0.2) is 42.5 Å². The summed E-state index contributed by atoms with van der Waals surface area (Å²) in [5.41, 5.74) is 0.942. The highest BCUT2D eigenvalue weighted by atomic mass is 19.1.